The predicted octanol–water partition coefficient (Wildman–Crippen LogP) is 5.68. The van der Waals surface area contributed by atoms with Crippen molar-refractivity contribution in [3.05, 3.63) is 71.8 Å². The molecule has 1 atom stereocenters. The third-order valence-corrected chi connectivity index (χ3v) is 7.01. The maximum absolute atomic E-state index is 12.7. The van der Waals surface area contributed by atoms with Gasteiger partial charge in [-0.1, -0.05) is 24.6 Å². The molecule has 0 saturated carbocycles. The third kappa shape index (κ3) is 9.32. The molecular formula is C29H42ClN4O2+. The molecule has 0 heterocycles. The van der Waals surface area contributed by atoms with Crippen LogP contribution in [0.5, 0.6) is 0 Å². The number of nitrogens with zero attached hydrogens (tertiary/aromatic N) is 2. The summed E-state index contributed by atoms with van der Waals surface area (Å²) in [7, 11) is 0. The quantitative estimate of drug-likeness (QED) is 0.131. The van der Waals surface area contributed by atoms with Crippen molar-refractivity contribution in [1.29, 1.82) is 0 Å². The van der Waals surface area contributed by atoms with Gasteiger partial charge in [-0.15, -0.1) is 0 Å². The number of nitrogen functional groups attached to an aromatic ring is 1. The second kappa shape index (κ2) is 15.3. The first kappa shape index (κ1) is 29.4. The van der Waals surface area contributed by atoms with Gasteiger partial charge in [-0.3, -0.25) is 9.59 Å². The van der Waals surface area contributed by atoms with Crippen LogP contribution in [0.25, 0.3) is 0 Å². The highest BCUT2D eigenvalue weighted by Gasteiger charge is 2.23. The van der Waals surface area contributed by atoms with Crippen LogP contribution in [0.15, 0.2) is 61.2 Å². The van der Waals surface area contributed by atoms with Crippen molar-refractivity contribution >= 4 is 34.8 Å². The van der Waals surface area contributed by atoms with Crippen LogP contribution in [-0.2, 0) is 4.79 Å². The van der Waals surface area contributed by atoms with Gasteiger partial charge in [-0.05, 0) is 87.7 Å². The van der Waals surface area contributed by atoms with E-state index in [0.717, 1.165) is 62.0 Å². The Labute approximate surface area is 221 Å². The van der Waals surface area contributed by atoms with Crippen LogP contribution in [0.1, 0.15) is 56.3 Å². The van der Waals surface area contributed by atoms with Gasteiger partial charge >= 0.3 is 0 Å². The van der Waals surface area contributed by atoms with E-state index in [4.69, 9.17) is 17.3 Å². The van der Waals surface area contributed by atoms with E-state index in [0.29, 0.717) is 35.8 Å². The second-order valence-corrected chi connectivity index (χ2v) is 9.67. The van der Waals surface area contributed by atoms with Gasteiger partial charge in [0.15, 0.2) is 0 Å². The first-order valence-corrected chi connectivity index (χ1v) is 13.4. The van der Waals surface area contributed by atoms with Gasteiger partial charge in [-0.25, -0.2) is 0 Å². The molecule has 0 radical (unpaired) electrons. The van der Waals surface area contributed by atoms with Gasteiger partial charge in [0.1, 0.15) is 0 Å². The Morgan fingerprint density at radius 3 is 2.28 bits per heavy atom. The monoisotopic (exact) mass is 513 g/mol. The number of anilines is 2. The number of benzene rings is 2. The zero-order valence-electron chi connectivity index (χ0n) is 21.8. The molecule has 2 amide bonds. The fraction of sp³-hybridized carbons (Fsp3) is 0.448. The number of nitrogens with one attached hydrogen (secondary N) is 1. The lowest BCUT2D eigenvalue weighted by atomic mass is 10.1. The molecule has 3 N–H and O–H groups in total. The van der Waals surface area contributed by atoms with Gasteiger partial charge in [-0.2, -0.15) is 0 Å². The number of nitrogens with two attached hydrogens (primary N) is 1. The lowest BCUT2D eigenvalue weighted by Crippen LogP contribution is -2.52. The van der Waals surface area contributed by atoms with Crippen molar-refractivity contribution in [1.82, 2.24) is 5.32 Å². The van der Waals surface area contributed by atoms with Crippen LogP contribution < -0.4 is 16.0 Å². The number of likely N-dealkylation sites (N-methyl/N-ethyl adjacent to an activating group) is 1. The van der Waals surface area contributed by atoms with E-state index < -0.39 is 0 Å². The van der Waals surface area contributed by atoms with Crippen molar-refractivity contribution in [3.8, 4) is 0 Å². The van der Waals surface area contributed by atoms with Crippen LogP contribution in [0.3, 0.4) is 0 Å². The summed E-state index contributed by atoms with van der Waals surface area (Å²) in [6.07, 6.45) is 6.59. The number of halogens is 1. The zero-order valence-corrected chi connectivity index (χ0v) is 22.6. The molecule has 0 saturated heterocycles. The molecule has 0 aliphatic rings. The van der Waals surface area contributed by atoms with E-state index in [9.17, 15) is 9.59 Å². The van der Waals surface area contributed by atoms with Crippen LogP contribution in [0.4, 0.5) is 11.4 Å². The Hall–Kier alpha value is -2.83. The summed E-state index contributed by atoms with van der Waals surface area (Å²) in [5.74, 6) is 0.0771. The summed E-state index contributed by atoms with van der Waals surface area (Å²) < 4.78 is 0.893. The minimum Gasteiger partial charge on any atom is -0.399 e. The molecule has 0 spiro atoms. The number of hydrogen-bond acceptors (Lipinski definition) is 3. The van der Waals surface area contributed by atoms with E-state index in [1.165, 1.54) is 0 Å². The minimum absolute atomic E-state index is 0.0794. The normalized spacial score (nSPS) is 12.5. The Morgan fingerprint density at radius 1 is 1.00 bits per heavy atom. The maximum atomic E-state index is 12.7. The number of hydrogen-bond donors (Lipinski definition) is 2. The van der Waals surface area contributed by atoms with Crippen molar-refractivity contribution < 1.29 is 14.1 Å². The molecule has 2 aromatic carbocycles. The lowest BCUT2D eigenvalue weighted by Gasteiger charge is -2.37. The predicted molar refractivity (Wildman–Crippen MR) is 151 cm³/mol. The van der Waals surface area contributed by atoms with Gasteiger partial charge in [0, 0.05) is 34.9 Å². The van der Waals surface area contributed by atoms with Crippen molar-refractivity contribution in [2.75, 3.05) is 49.9 Å². The van der Waals surface area contributed by atoms with E-state index in [-0.39, 0.29) is 11.8 Å². The molecular weight excluding hydrogens is 472 g/mol. The number of amides is 2. The SMILES string of the molecule is C=CC[N+](CC)(CCCCCCC(=O)N(CC)c1ccc(N)cc1)CCNC(=O)c1ccc(Cl)cc1. The molecule has 0 aliphatic carbocycles. The second-order valence-electron chi connectivity index (χ2n) is 9.23. The molecule has 2 aromatic rings. The molecule has 7 heteroatoms. The summed E-state index contributed by atoms with van der Waals surface area (Å²) >= 11 is 5.91. The smallest absolute Gasteiger partial charge is 0.251 e. The number of rotatable bonds is 16. The first-order valence-electron chi connectivity index (χ1n) is 13.0. The maximum Gasteiger partial charge on any atom is 0.251 e. The highest BCUT2D eigenvalue weighted by molar-refractivity contribution is 6.30. The zero-order chi connectivity index (χ0) is 26.4. The first-order chi connectivity index (χ1) is 17.3. The summed E-state index contributed by atoms with van der Waals surface area (Å²) in [6, 6.07) is 14.4. The minimum atomic E-state index is -0.0794. The third-order valence-electron chi connectivity index (χ3n) is 6.76. The van der Waals surface area contributed by atoms with Crippen LogP contribution >= 0.6 is 11.6 Å². The average Bonchev–Trinajstić information content (AvgIpc) is 2.88. The molecule has 36 heavy (non-hydrogen) atoms. The largest absolute Gasteiger partial charge is 0.399 e. The summed E-state index contributed by atoms with van der Waals surface area (Å²) in [5, 5.41) is 3.66. The molecule has 1 unspecified atom stereocenters. The Balaban J connectivity index is 1.75. The lowest BCUT2D eigenvalue weighted by molar-refractivity contribution is -0.920. The number of carbonyl (C=O) groups excluding carboxylic acids is 2. The summed E-state index contributed by atoms with van der Waals surface area (Å²) in [4.78, 5) is 27.0. The Morgan fingerprint density at radius 2 is 1.67 bits per heavy atom. The van der Waals surface area contributed by atoms with Gasteiger partial charge in [0.25, 0.3) is 5.91 Å². The molecule has 0 aliphatic heterocycles. The summed E-state index contributed by atoms with van der Waals surface area (Å²) in [6.45, 7) is 13.1. The van der Waals surface area contributed by atoms with Gasteiger partial charge in [0.05, 0.1) is 32.7 Å². The van der Waals surface area contributed by atoms with E-state index >= 15 is 0 Å². The van der Waals surface area contributed by atoms with Crippen LogP contribution in [0, 0.1) is 0 Å². The molecule has 2 rings (SSSR count). The summed E-state index contributed by atoms with van der Waals surface area (Å²) in [5.41, 5.74) is 7.98. The standard InChI is InChI=1S/C29H41ClN4O2/c1-4-21-34(6-3,23-20-32-29(36)24-12-14-25(30)15-13-24)22-10-8-7-9-11-28(35)33(5-2)27-18-16-26(31)17-19-27/h4,12-19H,1,5-11,20-23,31H2,2-3H3/p+1. The van der Waals surface area contributed by atoms with Gasteiger partial charge < -0.3 is 20.4 Å². The Bertz CT molecular complexity index is 962. The van der Waals surface area contributed by atoms with Crippen LogP contribution in [-0.4, -0.2) is 55.6 Å². The molecule has 0 aromatic heterocycles. The van der Waals surface area contributed by atoms with Crippen molar-refractivity contribution in [2.24, 2.45) is 0 Å². The number of unbranched alkanes of at least 4 members (excludes halogenated alkanes) is 3. The molecule has 0 fully saturated rings. The average molecular weight is 514 g/mol. The molecule has 196 valence electrons. The number of carbonyl (C=O) groups is 2. The van der Waals surface area contributed by atoms with Gasteiger partial charge in [0.2, 0.25) is 5.91 Å². The number of quaternary nitrogens is 1. The fourth-order valence-electron chi connectivity index (χ4n) is 4.49. The fourth-order valence-corrected chi connectivity index (χ4v) is 4.62. The topological polar surface area (TPSA) is 75.4 Å². The molecule has 0 bridgehead atoms. The van der Waals surface area contributed by atoms with E-state index in [1.54, 1.807) is 24.3 Å². The molecule has 6 nitrogen and oxygen atoms in total. The van der Waals surface area contributed by atoms with E-state index in [2.05, 4.69) is 18.8 Å². The highest BCUT2D eigenvalue weighted by atomic mass is 35.5. The van der Waals surface area contributed by atoms with E-state index in [1.807, 2.05) is 42.2 Å². The Kier molecular flexibility index (Phi) is 12.5. The van der Waals surface area contributed by atoms with Crippen LogP contribution in [0.2, 0.25) is 5.02 Å². The van der Waals surface area contributed by atoms with Crippen molar-refractivity contribution in [3.63, 3.8) is 0 Å². The van der Waals surface area contributed by atoms with Crippen molar-refractivity contribution in [2.45, 2.75) is 46.0 Å². The highest BCUT2D eigenvalue weighted by Crippen LogP contribution is 2.19.